The first-order valence-corrected chi connectivity index (χ1v) is 14.6. The van der Waals surface area contributed by atoms with Crippen LogP contribution in [0.4, 0.5) is 16.2 Å². The van der Waals surface area contributed by atoms with Crippen molar-refractivity contribution in [1.29, 1.82) is 0 Å². The van der Waals surface area contributed by atoms with Crippen LogP contribution in [0.25, 0.3) is 10.9 Å². The van der Waals surface area contributed by atoms with Gasteiger partial charge in [-0.05, 0) is 62.2 Å². The van der Waals surface area contributed by atoms with Crippen molar-refractivity contribution in [1.82, 2.24) is 15.2 Å². The number of halogens is 2. The van der Waals surface area contributed by atoms with Gasteiger partial charge in [0.2, 0.25) is 5.91 Å². The number of benzene rings is 3. The summed E-state index contributed by atoms with van der Waals surface area (Å²) in [5.74, 6) is 0.120. The number of nitrogens with one attached hydrogen (secondary N) is 2. The van der Waals surface area contributed by atoms with Gasteiger partial charge in [-0.25, -0.2) is 9.78 Å². The van der Waals surface area contributed by atoms with Crippen molar-refractivity contribution in [2.75, 3.05) is 36.9 Å². The summed E-state index contributed by atoms with van der Waals surface area (Å²) in [7, 11) is 1.56. The number of urea groups is 1. The van der Waals surface area contributed by atoms with Crippen LogP contribution < -0.4 is 20.3 Å². The lowest BCUT2D eigenvalue weighted by molar-refractivity contribution is -0.117. The number of hydrogen-bond acceptors (Lipinski definition) is 5. The molecule has 1 aromatic heterocycles. The topological polar surface area (TPSA) is 104 Å². The molecule has 0 aliphatic carbocycles. The van der Waals surface area contributed by atoms with E-state index in [4.69, 9.17) is 27.9 Å². The maximum atomic E-state index is 13.0. The van der Waals surface area contributed by atoms with Gasteiger partial charge in [0.1, 0.15) is 17.9 Å². The molecular formula is C32H31Cl2N5O4. The van der Waals surface area contributed by atoms with E-state index >= 15 is 0 Å². The summed E-state index contributed by atoms with van der Waals surface area (Å²) >= 11 is 13.2. The summed E-state index contributed by atoms with van der Waals surface area (Å²) in [6, 6.07) is 19.0. The zero-order chi connectivity index (χ0) is 30.5. The molecule has 0 radical (unpaired) electrons. The number of likely N-dealkylation sites (N-methyl/N-ethyl adjacent to an activating group) is 1. The third-order valence-electron chi connectivity index (χ3n) is 7.26. The monoisotopic (exact) mass is 619 g/mol. The SMILES string of the molecule is Cc1ccc2cccc(OCc3c(Cl)ccc(N(C)C(=O)CNC(=O)Nc4cccc(C(=O)N5CCCC5)c4)c3Cl)c2n1. The Morgan fingerprint density at radius 3 is 2.56 bits per heavy atom. The van der Waals surface area contributed by atoms with Crippen LogP contribution in [0.1, 0.15) is 34.5 Å². The second-order valence-electron chi connectivity index (χ2n) is 10.3. The van der Waals surface area contributed by atoms with Crippen molar-refractivity contribution in [2.24, 2.45) is 0 Å². The number of carbonyl (C=O) groups is 3. The van der Waals surface area contributed by atoms with Gasteiger partial charge in [-0.2, -0.15) is 0 Å². The lowest BCUT2D eigenvalue weighted by Gasteiger charge is -2.21. The molecule has 4 amide bonds. The number of aromatic nitrogens is 1. The highest BCUT2D eigenvalue weighted by Gasteiger charge is 2.21. The number of aryl methyl sites for hydroxylation is 1. The Kier molecular flexibility index (Phi) is 9.33. The number of carbonyl (C=O) groups excluding carboxylic acids is 3. The van der Waals surface area contributed by atoms with Gasteiger partial charge in [0.05, 0.1) is 17.3 Å². The molecule has 1 fully saturated rings. The number of fused-ring (bicyclic) bond motifs is 1. The number of pyridine rings is 1. The molecule has 5 rings (SSSR count). The first-order chi connectivity index (χ1) is 20.7. The van der Waals surface area contributed by atoms with E-state index in [0.29, 0.717) is 33.3 Å². The summed E-state index contributed by atoms with van der Waals surface area (Å²) in [5, 5.41) is 6.84. The van der Waals surface area contributed by atoms with Crippen LogP contribution >= 0.6 is 23.2 Å². The van der Waals surface area contributed by atoms with Crippen LogP contribution in [0.5, 0.6) is 5.75 Å². The van der Waals surface area contributed by atoms with E-state index in [9.17, 15) is 14.4 Å². The molecule has 1 aliphatic rings. The molecule has 1 aliphatic heterocycles. The van der Waals surface area contributed by atoms with E-state index in [0.717, 1.165) is 42.5 Å². The molecule has 9 nitrogen and oxygen atoms in total. The van der Waals surface area contributed by atoms with Crippen molar-refractivity contribution in [3.63, 3.8) is 0 Å². The molecule has 0 spiro atoms. The third kappa shape index (κ3) is 7.01. The predicted molar refractivity (Wildman–Crippen MR) is 169 cm³/mol. The molecule has 0 unspecified atom stereocenters. The van der Waals surface area contributed by atoms with Crippen LogP contribution in [0.15, 0.2) is 66.7 Å². The maximum absolute atomic E-state index is 13.0. The van der Waals surface area contributed by atoms with Crippen LogP contribution in [0, 0.1) is 6.92 Å². The molecule has 3 aromatic carbocycles. The fourth-order valence-electron chi connectivity index (χ4n) is 4.88. The highest BCUT2D eigenvalue weighted by molar-refractivity contribution is 6.38. The molecule has 4 aromatic rings. The molecule has 43 heavy (non-hydrogen) atoms. The fraction of sp³-hybridized carbons (Fsp3) is 0.250. The fourth-order valence-corrected chi connectivity index (χ4v) is 5.48. The third-order valence-corrected chi connectivity index (χ3v) is 8.03. The van der Waals surface area contributed by atoms with Crippen molar-refractivity contribution < 1.29 is 19.1 Å². The minimum atomic E-state index is -0.581. The van der Waals surface area contributed by atoms with Gasteiger partial charge in [0.15, 0.2) is 0 Å². The molecule has 2 heterocycles. The first kappa shape index (κ1) is 30.1. The Morgan fingerprint density at radius 1 is 1.00 bits per heavy atom. The van der Waals surface area contributed by atoms with Gasteiger partial charge < -0.3 is 25.2 Å². The Hall–Kier alpha value is -4.34. The average Bonchev–Trinajstić information content (AvgIpc) is 3.54. The molecule has 0 saturated carbocycles. The molecule has 222 valence electrons. The van der Waals surface area contributed by atoms with Crippen LogP contribution in [0.2, 0.25) is 10.0 Å². The number of para-hydroxylation sites is 1. The van der Waals surface area contributed by atoms with Crippen molar-refractivity contribution in [2.45, 2.75) is 26.4 Å². The quantitative estimate of drug-likeness (QED) is 0.236. The summed E-state index contributed by atoms with van der Waals surface area (Å²) < 4.78 is 6.08. The molecule has 11 heteroatoms. The lowest BCUT2D eigenvalue weighted by atomic mass is 10.1. The Balaban J connectivity index is 1.20. The molecular weight excluding hydrogens is 589 g/mol. The van der Waals surface area contributed by atoms with E-state index in [-0.39, 0.29) is 24.1 Å². The van der Waals surface area contributed by atoms with Crippen molar-refractivity contribution in [3.8, 4) is 5.75 Å². The normalized spacial score (nSPS) is 12.7. The highest BCUT2D eigenvalue weighted by atomic mass is 35.5. The number of hydrogen-bond donors (Lipinski definition) is 2. The average molecular weight is 621 g/mol. The second-order valence-corrected chi connectivity index (χ2v) is 11.1. The number of anilines is 2. The number of likely N-dealkylation sites (tertiary alicyclic amines) is 1. The molecule has 0 atom stereocenters. The van der Waals surface area contributed by atoms with Gasteiger partial charge in [-0.1, -0.05) is 47.5 Å². The van der Waals surface area contributed by atoms with Crippen molar-refractivity contribution >= 4 is 63.3 Å². The zero-order valence-corrected chi connectivity index (χ0v) is 25.3. The number of rotatable bonds is 8. The first-order valence-electron chi connectivity index (χ1n) is 13.9. The van der Waals surface area contributed by atoms with Gasteiger partial charge in [-0.3, -0.25) is 9.59 Å². The Labute approximate surface area is 259 Å². The highest BCUT2D eigenvalue weighted by Crippen LogP contribution is 2.35. The lowest BCUT2D eigenvalue weighted by Crippen LogP contribution is -2.40. The Morgan fingerprint density at radius 2 is 1.77 bits per heavy atom. The van der Waals surface area contributed by atoms with Crippen LogP contribution in [0.3, 0.4) is 0 Å². The van der Waals surface area contributed by atoms with E-state index in [2.05, 4.69) is 15.6 Å². The minimum Gasteiger partial charge on any atom is -0.487 e. The van der Waals surface area contributed by atoms with Gasteiger partial charge in [0, 0.05) is 53.1 Å². The van der Waals surface area contributed by atoms with Gasteiger partial charge in [0.25, 0.3) is 5.91 Å². The van der Waals surface area contributed by atoms with Gasteiger partial charge >= 0.3 is 6.03 Å². The minimum absolute atomic E-state index is 0.0578. The number of amides is 4. The number of ether oxygens (including phenoxy) is 1. The van der Waals surface area contributed by atoms with E-state index in [1.165, 1.54) is 4.90 Å². The standard InChI is InChI=1S/C32H31Cl2N5O4/c1-20-11-12-21-7-6-10-27(30(21)36-20)43-19-24-25(33)13-14-26(29(24)34)38(2)28(40)18-35-32(42)37-23-9-5-8-22(17-23)31(41)39-15-3-4-16-39/h5-14,17H,3-4,15-16,18-19H2,1-2H3,(H2,35,37,42). The second kappa shape index (κ2) is 13.3. The van der Waals surface area contributed by atoms with Crippen LogP contribution in [-0.2, 0) is 11.4 Å². The summed E-state index contributed by atoms with van der Waals surface area (Å²) in [6.07, 6.45) is 1.99. The Bertz CT molecular complexity index is 1690. The molecule has 1 saturated heterocycles. The van der Waals surface area contributed by atoms with Gasteiger partial charge in [-0.15, -0.1) is 0 Å². The van der Waals surface area contributed by atoms with E-state index in [1.54, 1.807) is 48.3 Å². The molecule has 2 N–H and O–H groups in total. The van der Waals surface area contributed by atoms with Crippen LogP contribution in [-0.4, -0.2) is 54.4 Å². The maximum Gasteiger partial charge on any atom is 0.319 e. The summed E-state index contributed by atoms with van der Waals surface area (Å²) in [4.78, 5) is 46.0. The number of nitrogens with zero attached hydrogens (tertiary/aromatic N) is 3. The summed E-state index contributed by atoms with van der Waals surface area (Å²) in [6.45, 7) is 3.15. The zero-order valence-electron chi connectivity index (χ0n) is 23.8. The molecule has 0 bridgehead atoms. The van der Waals surface area contributed by atoms with E-state index < -0.39 is 11.9 Å². The largest absolute Gasteiger partial charge is 0.487 e. The predicted octanol–water partition coefficient (Wildman–Crippen LogP) is 6.45. The van der Waals surface area contributed by atoms with Crippen molar-refractivity contribution in [3.05, 3.63) is 93.6 Å². The van der Waals surface area contributed by atoms with E-state index in [1.807, 2.05) is 37.3 Å². The summed E-state index contributed by atoms with van der Waals surface area (Å²) in [5.41, 5.74) is 3.47. The smallest absolute Gasteiger partial charge is 0.319 e.